The predicted octanol–water partition coefficient (Wildman–Crippen LogP) is -0.703. The van der Waals surface area contributed by atoms with Gasteiger partial charge in [0.15, 0.2) is 24.5 Å². The highest BCUT2D eigenvalue weighted by molar-refractivity contribution is 7.81. The van der Waals surface area contributed by atoms with E-state index in [9.17, 15) is 66.1 Å². The lowest BCUT2D eigenvalue weighted by molar-refractivity contribution is -0.338. The van der Waals surface area contributed by atoms with Crippen molar-refractivity contribution in [2.75, 3.05) is 46.6 Å². The summed E-state index contributed by atoms with van der Waals surface area (Å²) in [5.41, 5.74) is 0. The number of ketones is 2. The molecule has 428 valence electrons. The van der Waals surface area contributed by atoms with E-state index in [0.717, 1.165) is 45.6 Å². The normalized spacial score (nSPS) is 33.5. The number of nitrogens with one attached hydrogen (secondary N) is 1. The van der Waals surface area contributed by atoms with E-state index >= 15 is 0 Å². The van der Waals surface area contributed by atoms with Gasteiger partial charge in [0, 0.05) is 59.1 Å². The molecular weight excluding hydrogens is 1030 g/mol. The molecule has 0 radical (unpaired) electrons. The van der Waals surface area contributed by atoms with Crippen molar-refractivity contribution in [3.8, 4) is 0 Å². The van der Waals surface area contributed by atoms with Crippen LogP contribution in [0.2, 0.25) is 0 Å². The fourth-order valence-corrected chi connectivity index (χ4v) is 11.4. The molecule has 0 aromatic heterocycles. The molecular formula is C46H78N2O24S2. The average molecular weight is 1110 g/mol. The van der Waals surface area contributed by atoms with Crippen LogP contribution in [0.25, 0.3) is 0 Å². The second kappa shape index (κ2) is 29.0. The van der Waals surface area contributed by atoms with Crippen LogP contribution >= 0.6 is 0 Å². The minimum absolute atomic E-state index is 0.00314. The highest BCUT2D eigenvalue weighted by Crippen LogP contribution is 2.41. The number of carbonyl (C=O) groups excluding carboxylic acids is 4. The maximum absolute atomic E-state index is 14.1. The van der Waals surface area contributed by atoms with Gasteiger partial charge in [-0.2, -0.15) is 16.8 Å². The van der Waals surface area contributed by atoms with Crippen molar-refractivity contribution in [3.63, 3.8) is 0 Å². The van der Waals surface area contributed by atoms with E-state index in [-0.39, 0.29) is 62.9 Å². The highest BCUT2D eigenvalue weighted by Gasteiger charge is 2.53. The standard InChI is InChI=1S/C46H78N2O24S2/c1-5-28-21-29(30(51)14-9-18-65-19-10-15-31(52)42(72-74(61,62)63)35(24-64-4)71-73(58,59)60)22-32(41(28)70-46-40(56)39(55)37(53)25(2)66-46)68-45-36(47-26(3)50)43(38(54)34(23-49)69-45)67-33(44(57)48-16-11-17-48)20-27-12-7-6-8-13-27/h25,27-29,32-43,45-46,49,53-56H,5-24H2,1-4H3,(H,47,50)(H,58,59,60)(H,61,62,63)/t25?,28?,29?,32-,33+,34+,35+,36?,37-,38+,39+,40?,41-,42+,43?,45-,46+/m1/s1. The third-order valence-electron chi connectivity index (χ3n) is 14.5. The summed E-state index contributed by atoms with van der Waals surface area (Å²) in [5.74, 6) is -3.03. The predicted molar refractivity (Wildman–Crippen MR) is 253 cm³/mol. The average Bonchev–Trinajstić information content (AvgIpc) is 3.31. The zero-order valence-corrected chi connectivity index (χ0v) is 44.0. The van der Waals surface area contributed by atoms with Gasteiger partial charge in [0.25, 0.3) is 5.91 Å². The summed E-state index contributed by atoms with van der Waals surface area (Å²) in [6.45, 7) is 4.15. The zero-order chi connectivity index (χ0) is 54.5. The summed E-state index contributed by atoms with van der Waals surface area (Å²) in [7, 11) is -9.46. The van der Waals surface area contributed by atoms with Gasteiger partial charge < -0.3 is 68.9 Å². The van der Waals surface area contributed by atoms with Crippen LogP contribution in [0.4, 0.5) is 0 Å². The molecule has 28 heteroatoms. The molecule has 3 aliphatic heterocycles. The van der Waals surface area contributed by atoms with Gasteiger partial charge in [0.05, 0.1) is 31.5 Å². The maximum Gasteiger partial charge on any atom is 0.398 e. The van der Waals surface area contributed by atoms with Crippen molar-refractivity contribution in [2.45, 2.75) is 203 Å². The first-order chi connectivity index (χ1) is 34.9. The van der Waals surface area contributed by atoms with Crippen LogP contribution < -0.4 is 5.32 Å². The van der Waals surface area contributed by atoms with Crippen molar-refractivity contribution < 1.29 is 112 Å². The number of nitrogens with zero attached hydrogens (tertiary/aromatic N) is 1. The quantitative estimate of drug-likeness (QED) is 0.0339. The van der Waals surface area contributed by atoms with Crippen molar-refractivity contribution in [1.29, 1.82) is 0 Å². The minimum Gasteiger partial charge on any atom is -0.394 e. The highest BCUT2D eigenvalue weighted by atomic mass is 32.3. The Bertz CT molecular complexity index is 2030. The largest absolute Gasteiger partial charge is 0.398 e. The number of amides is 2. The molecule has 26 nitrogen and oxygen atoms in total. The van der Waals surface area contributed by atoms with Gasteiger partial charge in [0.1, 0.15) is 60.7 Å². The number of likely N-dealkylation sites (tertiary alicyclic amines) is 1. The molecule has 2 saturated carbocycles. The molecule has 0 aromatic rings. The first-order valence-electron chi connectivity index (χ1n) is 25.5. The Morgan fingerprint density at radius 3 is 2.04 bits per heavy atom. The molecule has 6 unspecified atom stereocenters. The molecule has 5 aliphatic rings. The van der Waals surface area contributed by atoms with Gasteiger partial charge in [-0.25, -0.2) is 8.37 Å². The number of aliphatic hydroxyl groups is 5. The molecule has 0 bridgehead atoms. The summed E-state index contributed by atoms with van der Waals surface area (Å²) in [4.78, 5) is 55.7. The second-order valence-electron chi connectivity index (χ2n) is 20.0. The van der Waals surface area contributed by atoms with Crippen molar-refractivity contribution in [1.82, 2.24) is 10.2 Å². The third-order valence-corrected chi connectivity index (χ3v) is 15.4. The number of rotatable bonds is 29. The molecule has 74 heavy (non-hydrogen) atoms. The molecule has 0 aromatic carbocycles. The molecule has 2 amide bonds. The Balaban J connectivity index is 1.32. The van der Waals surface area contributed by atoms with Crippen LogP contribution in [0, 0.1) is 17.8 Å². The van der Waals surface area contributed by atoms with E-state index in [0.29, 0.717) is 25.9 Å². The van der Waals surface area contributed by atoms with E-state index in [1.165, 1.54) is 13.8 Å². The van der Waals surface area contributed by atoms with Gasteiger partial charge in [-0.1, -0.05) is 45.4 Å². The van der Waals surface area contributed by atoms with Crippen LogP contribution in [0.1, 0.15) is 111 Å². The van der Waals surface area contributed by atoms with Gasteiger partial charge in [0.2, 0.25) is 5.91 Å². The van der Waals surface area contributed by atoms with Crippen molar-refractivity contribution in [3.05, 3.63) is 0 Å². The lowest BCUT2D eigenvalue weighted by Crippen LogP contribution is -2.67. The van der Waals surface area contributed by atoms with Gasteiger partial charge in [-0.3, -0.25) is 28.3 Å². The number of ether oxygens (including phenoxy) is 7. The maximum atomic E-state index is 14.1. The number of aliphatic hydroxyl groups excluding tert-OH is 5. The second-order valence-corrected chi connectivity index (χ2v) is 22.1. The number of hydrogen-bond acceptors (Lipinski definition) is 22. The molecule has 3 heterocycles. The number of carbonyl (C=O) groups is 4. The Morgan fingerprint density at radius 1 is 0.797 bits per heavy atom. The zero-order valence-electron chi connectivity index (χ0n) is 42.4. The van der Waals surface area contributed by atoms with Crippen molar-refractivity contribution in [2.24, 2.45) is 17.8 Å². The minimum atomic E-state index is -5.31. The topological polar surface area (TPSA) is 377 Å². The summed E-state index contributed by atoms with van der Waals surface area (Å²) >= 11 is 0. The van der Waals surface area contributed by atoms with Crippen LogP contribution in [0.3, 0.4) is 0 Å². The summed E-state index contributed by atoms with van der Waals surface area (Å²) in [5, 5.41) is 57.3. The number of hydrogen-bond donors (Lipinski definition) is 8. The molecule has 3 saturated heterocycles. The molecule has 0 spiro atoms. The molecule has 5 rings (SSSR count). The van der Waals surface area contributed by atoms with E-state index < -0.39 is 156 Å². The fourth-order valence-electron chi connectivity index (χ4n) is 10.5. The monoisotopic (exact) mass is 1110 g/mol. The SMILES string of the molecule is CCC1CC(C(=O)CCCOCCCC(=O)[C@H](OS(=O)(=O)O)[C@H](COC)OS(=O)(=O)O)C[C@@H](O[C@@H]2O[C@@H](CO)[C@H](O)C(O[C@@H](CC3CCCCC3)C(=O)N3CCC3)C2NC(C)=O)[C@@H]1O[C@@H]1OC(C)[C@@H](O)[C@H](O)C1O. The van der Waals surface area contributed by atoms with Crippen LogP contribution in [-0.4, -0.2) is 218 Å². The molecule has 5 fully saturated rings. The molecule has 2 aliphatic carbocycles. The van der Waals surface area contributed by atoms with E-state index in [4.69, 9.17) is 37.7 Å². The first kappa shape index (κ1) is 62.4. The Hall–Kier alpha value is -2.46. The summed E-state index contributed by atoms with van der Waals surface area (Å²) in [6, 6.07) is -1.28. The lowest BCUT2D eigenvalue weighted by Gasteiger charge is -2.49. The lowest BCUT2D eigenvalue weighted by atomic mass is 9.74. The summed E-state index contributed by atoms with van der Waals surface area (Å²) < 4.78 is 115. The Kier molecular flexibility index (Phi) is 24.4. The molecule has 17 atom stereocenters. The van der Waals surface area contributed by atoms with Crippen molar-refractivity contribution >= 4 is 44.2 Å². The fraction of sp³-hybridized carbons (Fsp3) is 0.913. The molecule has 8 N–H and O–H groups in total. The smallest absolute Gasteiger partial charge is 0.394 e. The number of methoxy groups -OCH3 is 1. The summed E-state index contributed by atoms with van der Waals surface area (Å²) in [6.07, 6.45) is -13.8. The first-order valence-corrected chi connectivity index (χ1v) is 28.3. The van der Waals surface area contributed by atoms with Crippen LogP contribution in [0.15, 0.2) is 0 Å². The van der Waals surface area contributed by atoms with Gasteiger partial charge in [-0.05, 0) is 57.3 Å². The third kappa shape index (κ3) is 18.0. The Labute approximate surface area is 432 Å². The number of Topliss-reactive ketones (excluding diaryl/α,β-unsaturated/α-hetero) is 2. The van der Waals surface area contributed by atoms with E-state index in [1.807, 2.05) is 6.92 Å². The van der Waals surface area contributed by atoms with Gasteiger partial charge in [-0.15, -0.1) is 0 Å². The van der Waals surface area contributed by atoms with E-state index in [2.05, 4.69) is 13.7 Å². The van der Waals surface area contributed by atoms with Crippen LogP contribution in [-0.2, 0) is 81.5 Å². The Morgan fingerprint density at radius 2 is 1.46 bits per heavy atom. The van der Waals surface area contributed by atoms with E-state index in [1.54, 1.807) is 4.90 Å². The van der Waals surface area contributed by atoms with Gasteiger partial charge >= 0.3 is 20.8 Å². The van der Waals surface area contributed by atoms with Crippen LogP contribution in [0.5, 0.6) is 0 Å².